The minimum Gasteiger partial charge on any atom is -0.303 e. The van der Waals surface area contributed by atoms with Crippen molar-refractivity contribution in [3.05, 3.63) is 41.0 Å². The zero-order valence-corrected chi connectivity index (χ0v) is 9.00. The summed E-state index contributed by atoms with van der Waals surface area (Å²) in [6.45, 7) is 6.26. The minimum absolute atomic E-state index is 0.499. The zero-order chi connectivity index (χ0) is 10.6. The number of rotatable bonds is 3. The van der Waals surface area contributed by atoms with E-state index in [4.69, 9.17) is 0 Å². The second-order valence-electron chi connectivity index (χ2n) is 3.54. The Labute approximate surface area is 85.5 Å². The van der Waals surface area contributed by atoms with Crippen molar-refractivity contribution >= 4 is 11.9 Å². The van der Waals surface area contributed by atoms with Gasteiger partial charge in [0.2, 0.25) is 0 Å². The van der Waals surface area contributed by atoms with E-state index in [0.29, 0.717) is 6.42 Å². The molecule has 1 aromatic carbocycles. The molecule has 74 valence electrons. The van der Waals surface area contributed by atoms with Gasteiger partial charge in [-0.3, -0.25) is 0 Å². The van der Waals surface area contributed by atoms with E-state index in [-0.39, 0.29) is 0 Å². The lowest BCUT2D eigenvalue weighted by Crippen LogP contribution is -1.89. The molecule has 1 aromatic rings. The Morgan fingerprint density at radius 1 is 1.36 bits per heavy atom. The van der Waals surface area contributed by atoms with Gasteiger partial charge in [-0.1, -0.05) is 24.3 Å². The average molecular weight is 188 g/mol. The van der Waals surface area contributed by atoms with Crippen LogP contribution >= 0.6 is 0 Å². The van der Waals surface area contributed by atoms with Gasteiger partial charge in [-0.15, -0.1) is 0 Å². The average Bonchev–Trinajstić information content (AvgIpc) is 2.18. The van der Waals surface area contributed by atoms with Crippen molar-refractivity contribution in [3.8, 4) is 0 Å². The molecule has 0 saturated heterocycles. The van der Waals surface area contributed by atoms with Crippen molar-refractivity contribution in [2.45, 2.75) is 27.2 Å². The van der Waals surface area contributed by atoms with Crippen LogP contribution in [0.25, 0.3) is 5.57 Å². The predicted molar refractivity (Wildman–Crippen MR) is 60.2 cm³/mol. The molecule has 0 aromatic heterocycles. The summed E-state index contributed by atoms with van der Waals surface area (Å²) in [7, 11) is 0. The highest BCUT2D eigenvalue weighted by molar-refractivity contribution is 5.69. The molecule has 0 amide bonds. The van der Waals surface area contributed by atoms with E-state index in [9.17, 15) is 4.79 Å². The first-order valence-corrected chi connectivity index (χ1v) is 4.83. The lowest BCUT2D eigenvalue weighted by Gasteiger charge is -2.08. The Kier molecular flexibility index (Phi) is 3.63. The topological polar surface area (TPSA) is 17.1 Å². The van der Waals surface area contributed by atoms with Gasteiger partial charge in [0.25, 0.3) is 0 Å². The fraction of sp³-hybridized carbons (Fsp3) is 0.308. The number of carbonyl (C=O) groups excluding carboxylic acids is 1. The Morgan fingerprint density at radius 2 is 2.07 bits per heavy atom. The molecular formula is C13H16O. The third kappa shape index (κ3) is 2.32. The molecule has 0 heterocycles. The molecule has 0 atom stereocenters. The van der Waals surface area contributed by atoms with Crippen molar-refractivity contribution in [3.63, 3.8) is 0 Å². The molecule has 1 heteroatoms. The molecule has 0 unspecified atom stereocenters. The first kappa shape index (κ1) is 10.7. The number of allylic oxidation sites excluding steroid dienone is 2. The van der Waals surface area contributed by atoms with E-state index in [0.717, 1.165) is 6.29 Å². The van der Waals surface area contributed by atoms with Gasteiger partial charge in [-0.05, 0) is 43.0 Å². The zero-order valence-electron chi connectivity index (χ0n) is 9.00. The van der Waals surface area contributed by atoms with E-state index in [1.807, 2.05) is 13.0 Å². The molecule has 0 spiro atoms. The number of aldehydes is 1. The number of aryl methyl sites for hydroxylation is 1. The normalized spacial score (nSPS) is 11.5. The number of hydrogen-bond donors (Lipinski definition) is 0. The summed E-state index contributed by atoms with van der Waals surface area (Å²) in [5.41, 5.74) is 5.01. The highest BCUT2D eigenvalue weighted by Crippen LogP contribution is 2.20. The first-order chi connectivity index (χ1) is 6.66. The molecule has 0 bridgehead atoms. The Morgan fingerprint density at radius 3 is 2.71 bits per heavy atom. The van der Waals surface area contributed by atoms with E-state index in [1.165, 1.54) is 22.3 Å². The van der Waals surface area contributed by atoms with E-state index >= 15 is 0 Å². The largest absolute Gasteiger partial charge is 0.303 e. The summed E-state index contributed by atoms with van der Waals surface area (Å²) in [5, 5.41) is 0. The molecule has 0 saturated carbocycles. The highest BCUT2D eigenvalue weighted by atomic mass is 16.1. The third-order valence-corrected chi connectivity index (χ3v) is 2.55. The van der Waals surface area contributed by atoms with E-state index < -0.39 is 0 Å². The quantitative estimate of drug-likeness (QED) is 0.665. The van der Waals surface area contributed by atoms with E-state index in [1.54, 1.807) is 0 Å². The minimum atomic E-state index is 0.499. The van der Waals surface area contributed by atoms with E-state index in [2.05, 4.69) is 32.0 Å². The summed E-state index contributed by atoms with van der Waals surface area (Å²) < 4.78 is 0. The molecule has 1 rings (SSSR count). The van der Waals surface area contributed by atoms with Crippen molar-refractivity contribution in [1.29, 1.82) is 0 Å². The lowest BCUT2D eigenvalue weighted by atomic mass is 9.97. The first-order valence-electron chi connectivity index (χ1n) is 4.83. The summed E-state index contributed by atoms with van der Waals surface area (Å²) in [4.78, 5) is 10.2. The van der Waals surface area contributed by atoms with Crippen molar-refractivity contribution < 1.29 is 4.79 Å². The van der Waals surface area contributed by atoms with Crippen LogP contribution in [0.15, 0.2) is 24.3 Å². The van der Waals surface area contributed by atoms with Crippen LogP contribution in [0.2, 0.25) is 0 Å². The number of carbonyl (C=O) groups is 1. The summed E-state index contributed by atoms with van der Waals surface area (Å²) >= 11 is 0. The molecule has 14 heavy (non-hydrogen) atoms. The monoisotopic (exact) mass is 188 g/mol. The maximum Gasteiger partial charge on any atom is 0.123 e. The van der Waals surface area contributed by atoms with Crippen LogP contribution in [0.1, 0.15) is 30.0 Å². The SMILES string of the molecule is C/C(=C\CC=O)c1cccc(C)c1C. The van der Waals surface area contributed by atoms with Gasteiger partial charge < -0.3 is 4.79 Å². The van der Waals surface area contributed by atoms with Crippen LogP contribution in [0.5, 0.6) is 0 Å². The standard InChI is InChI=1S/C13H16O/c1-10-6-4-8-13(12(10)3)11(2)7-5-9-14/h4,6-9H,5H2,1-3H3/b11-7+. The van der Waals surface area contributed by atoms with Gasteiger partial charge in [-0.25, -0.2) is 0 Å². The summed E-state index contributed by atoms with van der Waals surface area (Å²) in [5.74, 6) is 0. The molecule has 0 aliphatic heterocycles. The molecule has 1 nitrogen and oxygen atoms in total. The van der Waals surface area contributed by atoms with Crippen LogP contribution in [0.4, 0.5) is 0 Å². The molecule has 0 fully saturated rings. The second-order valence-corrected chi connectivity index (χ2v) is 3.54. The summed E-state index contributed by atoms with van der Waals surface area (Å²) in [6.07, 6.45) is 3.39. The number of hydrogen-bond acceptors (Lipinski definition) is 1. The van der Waals surface area contributed by atoms with Gasteiger partial charge in [-0.2, -0.15) is 0 Å². The number of benzene rings is 1. The van der Waals surface area contributed by atoms with Crippen molar-refractivity contribution in [2.24, 2.45) is 0 Å². The van der Waals surface area contributed by atoms with Crippen molar-refractivity contribution in [1.82, 2.24) is 0 Å². The highest BCUT2D eigenvalue weighted by Gasteiger charge is 2.01. The van der Waals surface area contributed by atoms with Crippen LogP contribution in [-0.2, 0) is 4.79 Å². The fourth-order valence-electron chi connectivity index (χ4n) is 1.51. The van der Waals surface area contributed by atoms with Gasteiger partial charge in [0.05, 0.1) is 0 Å². The van der Waals surface area contributed by atoms with Gasteiger partial charge >= 0.3 is 0 Å². The molecule has 0 radical (unpaired) electrons. The lowest BCUT2D eigenvalue weighted by molar-refractivity contribution is -0.107. The molecule has 0 aliphatic rings. The van der Waals surface area contributed by atoms with Crippen LogP contribution in [0.3, 0.4) is 0 Å². The fourth-order valence-corrected chi connectivity index (χ4v) is 1.51. The van der Waals surface area contributed by atoms with Gasteiger partial charge in [0.1, 0.15) is 6.29 Å². The molecule has 0 N–H and O–H groups in total. The van der Waals surface area contributed by atoms with Crippen LogP contribution < -0.4 is 0 Å². The van der Waals surface area contributed by atoms with Gasteiger partial charge in [0.15, 0.2) is 0 Å². The predicted octanol–water partition coefficient (Wildman–Crippen LogP) is 3.30. The smallest absolute Gasteiger partial charge is 0.123 e. The second kappa shape index (κ2) is 4.75. The Balaban J connectivity index is 3.06. The maximum absolute atomic E-state index is 10.2. The Hall–Kier alpha value is -1.37. The van der Waals surface area contributed by atoms with Crippen LogP contribution in [-0.4, -0.2) is 6.29 Å². The Bertz CT molecular complexity index is 361. The van der Waals surface area contributed by atoms with Crippen LogP contribution in [0, 0.1) is 13.8 Å². The molecular weight excluding hydrogens is 172 g/mol. The maximum atomic E-state index is 10.2. The van der Waals surface area contributed by atoms with Gasteiger partial charge in [0, 0.05) is 6.42 Å². The third-order valence-electron chi connectivity index (χ3n) is 2.55. The summed E-state index contributed by atoms with van der Waals surface area (Å²) in [6, 6.07) is 6.25. The molecule has 0 aliphatic carbocycles. The van der Waals surface area contributed by atoms with Crippen molar-refractivity contribution in [2.75, 3.05) is 0 Å².